The van der Waals surface area contributed by atoms with Crippen molar-refractivity contribution in [1.29, 1.82) is 0 Å². The fraction of sp³-hybridized carbons (Fsp3) is 0.182. The molecule has 2 aromatic rings. The van der Waals surface area contributed by atoms with E-state index in [2.05, 4.69) is 5.16 Å². The van der Waals surface area contributed by atoms with Crippen molar-refractivity contribution in [2.75, 3.05) is 6.26 Å². The minimum atomic E-state index is -3.14. The molecule has 0 aliphatic heterocycles. The number of hydrogen-bond acceptors (Lipinski definition) is 4. The summed E-state index contributed by atoms with van der Waals surface area (Å²) in [6.07, 6.45) is 2.80. The summed E-state index contributed by atoms with van der Waals surface area (Å²) in [5, 5.41) is 3.68. The van der Waals surface area contributed by atoms with E-state index in [1.165, 1.54) is 6.26 Å². The van der Waals surface area contributed by atoms with Crippen molar-refractivity contribution in [3.05, 3.63) is 36.2 Å². The van der Waals surface area contributed by atoms with Crippen LogP contribution >= 0.6 is 0 Å². The molecule has 0 N–H and O–H groups in total. The number of sulfone groups is 1. The van der Waals surface area contributed by atoms with Crippen molar-refractivity contribution in [2.24, 2.45) is 0 Å². The molecule has 0 unspecified atom stereocenters. The maximum atomic E-state index is 11.3. The first-order chi connectivity index (χ1) is 7.48. The normalized spacial score (nSPS) is 11.6. The maximum Gasteiger partial charge on any atom is 0.175 e. The molecule has 0 saturated heterocycles. The lowest BCUT2D eigenvalue weighted by Crippen LogP contribution is -1.96. The summed E-state index contributed by atoms with van der Waals surface area (Å²) in [5.41, 5.74) is 1.77. The summed E-state index contributed by atoms with van der Waals surface area (Å²) in [6.45, 7) is 1.81. The Hall–Kier alpha value is -1.62. The smallest absolute Gasteiger partial charge is 0.175 e. The zero-order valence-corrected chi connectivity index (χ0v) is 9.78. The number of rotatable bonds is 2. The van der Waals surface area contributed by atoms with E-state index in [0.717, 1.165) is 11.1 Å². The van der Waals surface area contributed by atoms with Crippen LogP contribution in [0.5, 0.6) is 0 Å². The number of aromatic nitrogens is 1. The third-order valence-corrected chi connectivity index (χ3v) is 3.47. The molecular formula is C11H11NO3S. The van der Waals surface area contributed by atoms with Crippen LogP contribution in [-0.2, 0) is 9.84 Å². The predicted octanol–water partition coefficient (Wildman–Crippen LogP) is 2.05. The van der Waals surface area contributed by atoms with Gasteiger partial charge in [-0.3, -0.25) is 0 Å². The summed E-state index contributed by atoms with van der Waals surface area (Å²) in [4.78, 5) is 0.311. The van der Waals surface area contributed by atoms with Crippen molar-refractivity contribution < 1.29 is 12.9 Å². The first-order valence-corrected chi connectivity index (χ1v) is 6.59. The van der Waals surface area contributed by atoms with Crippen molar-refractivity contribution in [2.45, 2.75) is 11.8 Å². The number of aryl methyl sites for hydroxylation is 1. The maximum absolute atomic E-state index is 11.3. The largest absolute Gasteiger partial charge is 0.361 e. The highest BCUT2D eigenvalue weighted by Gasteiger charge is 2.09. The van der Waals surface area contributed by atoms with Crippen LogP contribution in [0.15, 0.2) is 39.9 Å². The summed E-state index contributed by atoms with van der Waals surface area (Å²) in [7, 11) is -3.14. The zero-order chi connectivity index (χ0) is 11.8. The molecule has 1 aromatic carbocycles. The number of nitrogens with zero attached hydrogens (tertiary/aromatic N) is 1. The first kappa shape index (κ1) is 10.9. The fourth-order valence-corrected chi connectivity index (χ4v) is 2.09. The number of hydrogen-bond donors (Lipinski definition) is 0. The van der Waals surface area contributed by atoms with E-state index in [9.17, 15) is 8.42 Å². The van der Waals surface area contributed by atoms with Gasteiger partial charge < -0.3 is 4.52 Å². The molecule has 5 heteroatoms. The molecule has 16 heavy (non-hydrogen) atoms. The lowest BCUT2D eigenvalue weighted by Gasteiger charge is -2.00. The highest BCUT2D eigenvalue weighted by Crippen LogP contribution is 2.23. The molecule has 1 aromatic heterocycles. The summed E-state index contributed by atoms with van der Waals surface area (Å²) < 4.78 is 27.5. The predicted molar refractivity (Wildman–Crippen MR) is 59.8 cm³/mol. The highest BCUT2D eigenvalue weighted by molar-refractivity contribution is 7.90. The second kappa shape index (κ2) is 3.75. The minimum absolute atomic E-state index is 0.311. The van der Waals surface area contributed by atoms with Crippen molar-refractivity contribution >= 4 is 9.84 Å². The molecular weight excluding hydrogens is 226 g/mol. The van der Waals surface area contributed by atoms with E-state index in [1.807, 2.05) is 6.92 Å². The second-order valence-electron chi connectivity index (χ2n) is 3.59. The first-order valence-electron chi connectivity index (χ1n) is 4.70. The van der Waals surface area contributed by atoms with Crippen LogP contribution < -0.4 is 0 Å². The van der Waals surface area contributed by atoms with Crippen LogP contribution in [0.3, 0.4) is 0 Å². The van der Waals surface area contributed by atoms with Gasteiger partial charge in [-0.05, 0) is 24.6 Å². The van der Waals surface area contributed by atoms with Gasteiger partial charge >= 0.3 is 0 Å². The topological polar surface area (TPSA) is 60.2 Å². The van der Waals surface area contributed by atoms with Gasteiger partial charge in [0.05, 0.1) is 11.1 Å². The van der Waals surface area contributed by atoms with Gasteiger partial charge in [0.15, 0.2) is 9.84 Å². The zero-order valence-electron chi connectivity index (χ0n) is 8.97. The Balaban J connectivity index is 2.45. The Kier molecular flexibility index (Phi) is 2.55. The molecule has 0 fully saturated rings. The average molecular weight is 237 g/mol. The fourth-order valence-electron chi connectivity index (χ4n) is 1.46. The minimum Gasteiger partial charge on any atom is -0.361 e. The molecule has 1 heterocycles. The van der Waals surface area contributed by atoms with Crippen LogP contribution in [0.1, 0.15) is 5.76 Å². The van der Waals surface area contributed by atoms with E-state index in [1.54, 1.807) is 30.5 Å². The lowest BCUT2D eigenvalue weighted by atomic mass is 10.1. The lowest BCUT2D eigenvalue weighted by molar-refractivity contribution is 0.398. The molecule has 2 rings (SSSR count). The third-order valence-electron chi connectivity index (χ3n) is 2.34. The Labute approximate surface area is 93.8 Å². The van der Waals surface area contributed by atoms with Crippen LogP contribution in [0, 0.1) is 6.92 Å². The highest BCUT2D eigenvalue weighted by atomic mass is 32.2. The molecule has 0 aliphatic carbocycles. The SMILES string of the molecule is Cc1oncc1-c1ccc(S(C)(=O)=O)cc1. The molecule has 4 nitrogen and oxygen atoms in total. The van der Waals surface area contributed by atoms with Crippen molar-refractivity contribution in [3.63, 3.8) is 0 Å². The van der Waals surface area contributed by atoms with Crippen LogP contribution in [-0.4, -0.2) is 19.8 Å². The Morgan fingerprint density at radius 1 is 1.19 bits per heavy atom. The van der Waals surface area contributed by atoms with E-state index in [4.69, 9.17) is 4.52 Å². The Morgan fingerprint density at radius 3 is 2.25 bits per heavy atom. The van der Waals surface area contributed by atoms with E-state index in [-0.39, 0.29) is 0 Å². The van der Waals surface area contributed by atoms with Gasteiger partial charge in [0.1, 0.15) is 5.76 Å². The number of benzene rings is 1. The second-order valence-corrected chi connectivity index (χ2v) is 5.61. The van der Waals surface area contributed by atoms with Crippen LogP contribution in [0.25, 0.3) is 11.1 Å². The van der Waals surface area contributed by atoms with Crippen molar-refractivity contribution in [1.82, 2.24) is 5.16 Å². The molecule has 84 valence electrons. The summed E-state index contributed by atoms with van der Waals surface area (Å²) >= 11 is 0. The van der Waals surface area contributed by atoms with Gasteiger partial charge in [0.25, 0.3) is 0 Å². The molecule has 0 spiro atoms. The van der Waals surface area contributed by atoms with Gasteiger partial charge in [-0.15, -0.1) is 0 Å². The Bertz CT molecular complexity index is 596. The average Bonchev–Trinajstić information content (AvgIpc) is 2.63. The third kappa shape index (κ3) is 1.99. The van der Waals surface area contributed by atoms with Gasteiger partial charge in [-0.2, -0.15) is 0 Å². The summed E-state index contributed by atoms with van der Waals surface area (Å²) in [5.74, 6) is 0.715. The van der Waals surface area contributed by atoms with Crippen molar-refractivity contribution in [3.8, 4) is 11.1 Å². The molecule has 0 amide bonds. The molecule has 0 saturated carbocycles. The summed E-state index contributed by atoms with van der Waals surface area (Å²) in [6, 6.07) is 6.65. The quantitative estimate of drug-likeness (QED) is 0.802. The van der Waals surface area contributed by atoms with Gasteiger partial charge in [-0.1, -0.05) is 17.3 Å². The molecule has 0 atom stereocenters. The Morgan fingerprint density at radius 2 is 1.81 bits per heavy atom. The van der Waals surface area contributed by atoms with Gasteiger partial charge in [0, 0.05) is 11.8 Å². The van der Waals surface area contributed by atoms with Crippen LogP contribution in [0.4, 0.5) is 0 Å². The van der Waals surface area contributed by atoms with E-state index in [0.29, 0.717) is 10.7 Å². The van der Waals surface area contributed by atoms with Gasteiger partial charge in [0.2, 0.25) is 0 Å². The standard InChI is InChI=1S/C11H11NO3S/c1-8-11(7-12-15-8)9-3-5-10(6-4-9)16(2,13)14/h3-7H,1-2H3. The van der Waals surface area contributed by atoms with E-state index < -0.39 is 9.84 Å². The van der Waals surface area contributed by atoms with Crippen LogP contribution in [0.2, 0.25) is 0 Å². The molecule has 0 aliphatic rings. The van der Waals surface area contributed by atoms with E-state index >= 15 is 0 Å². The molecule has 0 bridgehead atoms. The monoisotopic (exact) mass is 237 g/mol. The van der Waals surface area contributed by atoms with Gasteiger partial charge in [-0.25, -0.2) is 8.42 Å². The molecule has 0 radical (unpaired) electrons.